The number of hydrogen-bond acceptors (Lipinski definition) is 5. The van der Waals surface area contributed by atoms with E-state index in [2.05, 4.69) is 11.0 Å². The maximum atomic E-state index is 13.0. The average molecular weight is 458 g/mol. The van der Waals surface area contributed by atoms with Crippen molar-refractivity contribution in [1.29, 1.82) is 0 Å². The quantitative estimate of drug-likeness (QED) is 0.638. The second kappa shape index (κ2) is 8.78. The molecule has 0 bridgehead atoms. The van der Waals surface area contributed by atoms with Crippen LogP contribution in [0.2, 0.25) is 0 Å². The molecule has 2 aliphatic rings. The number of phenolic OH excluding ortho intramolecular Hbond substituents is 1. The summed E-state index contributed by atoms with van der Waals surface area (Å²) in [7, 11) is 5.63. The summed E-state index contributed by atoms with van der Waals surface area (Å²) in [6.45, 7) is 4.51. The molecular weight excluding hydrogens is 434 g/mol. The number of hydrogen-bond donors (Lipinski definition) is 2. The van der Waals surface area contributed by atoms with Gasteiger partial charge in [-0.25, -0.2) is 0 Å². The first kappa shape index (κ1) is 23.2. The molecule has 2 N–H and O–H groups in total. The van der Waals surface area contributed by atoms with Crippen LogP contribution in [0.15, 0.2) is 42.0 Å². The third-order valence-corrected chi connectivity index (χ3v) is 6.13. The van der Waals surface area contributed by atoms with Gasteiger partial charge < -0.3 is 5.11 Å². The van der Waals surface area contributed by atoms with Crippen LogP contribution >= 0.6 is 0 Å². The molecule has 1 saturated heterocycles. The molecule has 1 unspecified atom stereocenters. The van der Waals surface area contributed by atoms with Gasteiger partial charge in [0.15, 0.2) is 0 Å². The number of aromatic hydroxyl groups is 1. The van der Waals surface area contributed by atoms with Gasteiger partial charge in [-0.1, -0.05) is 6.07 Å². The van der Waals surface area contributed by atoms with Crippen molar-refractivity contribution < 1.29 is 32.9 Å². The molecule has 0 saturated carbocycles. The molecule has 2 aromatic rings. The van der Waals surface area contributed by atoms with E-state index in [1.165, 1.54) is 6.07 Å². The van der Waals surface area contributed by atoms with Gasteiger partial charge in [0.1, 0.15) is 12.4 Å². The van der Waals surface area contributed by atoms with Crippen molar-refractivity contribution >= 4 is 19.2 Å². The molecule has 9 heteroatoms. The fourth-order valence-corrected chi connectivity index (χ4v) is 4.13. The molecule has 1 atom stereocenters. The van der Waals surface area contributed by atoms with Gasteiger partial charge in [0.25, 0.3) is 0 Å². The van der Waals surface area contributed by atoms with Crippen LogP contribution in [0.3, 0.4) is 0 Å². The molecule has 0 aliphatic carbocycles. The fourth-order valence-electron chi connectivity index (χ4n) is 4.13. The predicted molar refractivity (Wildman–Crippen MR) is 119 cm³/mol. The van der Waals surface area contributed by atoms with E-state index in [1.807, 2.05) is 13.0 Å². The first-order valence-electron chi connectivity index (χ1n) is 10.6. The van der Waals surface area contributed by atoms with E-state index in [1.54, 1.807) is 12.1 Å². The number of aliphatic hydroxyl groups excluding tert-OH is 1. The molecular formula is C24H24BF3NO4. The maximum absolute atomic E-state index is 13.0. The van der Waals surface area contributed by atoms with Crippen molar-refractivity contribution in [3.05, 3.63) is 58.7 Å². The summed E-state index contributed by atoms with van der Waals surface area (Å²) in [4.78, 5) is 2.23. The molecule has 0 amide bonds. The number of likely N-dealkylation sites (tertiary alicyclic amines) is 1. The van der Waals surface area contributed by atoms with Crippen molar-refractivity contribution in [1.82, 2.24) is 4.90 Å². The van der Waals surface area contributed by atoms with Crippen molar-refractivity contribution in [2.75, 3.05) is 26.2 Å². The average Bonchev–Trinajstić information content (AvgIpc) is 3.14. The van der Waals surface area contributed by atoms with Crippen LogP contribution < -0.4 is 9.47 Å². The molecule has 5 nitrogen and oxygen atoms in total. The van der Waals surface area contributed by atoms with Crippen molar-refractivity contribution in [3.63, 3.8) is 0 Å². The van der Waals surface area contributed by atoms with Crippen LogP contribution in [0.1, 0.15) is 30.0 Å². The number of nitrogens with zero attached hydrogens (tertiary/aromatic N) is 1. The van der Waals surface area contributed by atoms with Crippen molar-refractivity contribution in [2.45, 2.75) is 26.1 Å². The number of phenols is 1. The van der Waals surface area contributed by atoms with E-state index in [0.29, 0.717) is 36.8 Å². The molecule has 33 heavy (non-hydrogen) atoms. The summed E-state index contributed by atoms with van der Waals surface area (Å²) >= 11 is 0. The third kappa shape index (κ3) is 5.19. The summed E-state index contributed by atoms with van der Waals surface area (Å²) in [5, 5.41) is 19.2. The van der Waals surface area contributed by atoms with Crippen LogP contribution in [0.25, 0.3) is 6.08 Å². The minimum absolute atomic E-state index is 0.0290. The number of aliphatic hydroxyl groups is 1. The molecule has 2 aliphatic heterocycles. The van der Waals surface area contributed by atoms with Crippen molar-refractivity contribution in [2.24, 2.45) is 5.41 Å². The minimum atomic E-state index is -4.64. The summed E-state index contributed by atoms with van der Waals surface area (Å²) in [6, 6.07) is 8.57. The monoisotopic (exact) mass is 458 g/mol. The molecule has 1 fully saturated rings. The van der Waals surface area contributed by atoms with Gasteiger partial charge in [-0.15, -0.1) is 0 Å². The Labute approximate surface area is 191 Å². The zero-order chi connectivity index (χ0) is 23.8. The summed E-state index contributed by atoms with van der Waals surface area (Å²) < 4.78 is 50.4. The second-order valence-corrected chi connectivity index (χ2v) is 8.84. The summed E-state index contributed by atoms with van der Waals surface area (Å²) in [5.41, 5.74) is 0.771. The summed E-state index contributed by atoms with van der Waals surface area (Å²) in [5.74, 6) is 0.293. The van der Waals surface area contributed by atoms with E-state index in [9.17, 15) is 23.4 Å². The zero-order valence-corrected chi connectivity index (χ0v) is 18.2. The number of alkyl halides is 3. The number of rotatable bonds is 6. The van der Waals surface area contributed by atoms with Crippen LogP contribution in [-0.4, -0.2) is 54.5 Å². The van der Waals surface area contributed by atoms with Crippen molar-refractivity contribution in [3.8, 4) is 17.2 Å². The van der Waals surface area contributed by atoms with Crippen LogP contribution in [0, 0.1) is 5.41 Å². The third-order valence-electron chi connectivity index (χ3n) is 6.13. The van der Waals surface area contributed by atoms with E-state index >= 15 is 0 Å². The van der Waals surface area contributed by atoms with E-state index < -0.39 is 22.9 Å². The molecule has 2 heterocycles. The Morgan fingerprint density at radius 2 is 2.03 bits per heavy atom. The van der Waals surface area contributed by atoms with Gasteiger partial charge in [0.2, 0.25) is 0 Å². The van der Waals surface area contributed by atoms with Crippen LogP contribution in [0.5, 0.6) is 17.2 Å². The normalized spacial score (nSPS) is 20.6. The Bertz CT molecular complexity index is 1100. The first-order valence-corrected chi connectivity index (χ1v) is 10.6. The second-order valence-electron chi connectivity index (χ2n) is 8.84. The zero-order valence-electron chi connectivity index (χ0n) is 18.2. The van der Waals surface area contributed by atoms with Crippen LogP contribution in [0.4, 0.5) is 13.2 Å². The van der Waals surface area contributed by atoms with Gasteiger partial charge in [-0.3, -0.25) is 0 Å². The Hall–Kier alpha value is -2.94. The summed E-state index contributed by atoms with van der Waals surface area (Å²) in [6.07, 6.45) is -1.79. The molecule has 4 rings (SSSR count). The van der Waals surface area contributed by atoms with E-state index in [0.717, 1.165) is 36.2 Å². The molecule has 2 aromatic carbocycles. The van der Waals surface area contributed by atoms with Gasteiger partial charge in [-0.05, 0) is 17.7 Å². The Morgan fingerprint density at radius 1 is 1.24 bits per heavy atom. The number of fused-ring (bicyclic) bond motifs is 1. The molecule has 0 spiro atoms. The van der Waals surface area contributed by atoms with Gasteiger partial charge in [-0.2, -0.15) is 13.2 Å². The SMILES string of the molecule is [B]=C(O)C1(C)CCN(CC2=Cc3ccc(OCc4ccc(O)c(C(F)(F)F)c4)cc3OC2)C1. The number of ether oxygens (including phenoxy) is 2. The van der Waals surface area contributed by atoms with E-state index in [4.69, 9.17) is 17.0 Å². The molecule has 1 radical (unpaired) electrons. The van der Waals surface area contributed by atoms with Gasteiger partial charge in [0.05, 0.1) is 5.56 Å². The Kier molecular flexibility index (Phi) is 6.18. The van der Waals surface area contributed by atoms with Crippen LogP contribution in [-0.2, 0) is 12.8 Å². The standard InChI is InChI=1S/C24H24BF3NO4/c1-23(22(25)31)6-7-29(14-23)11-16-8-17-3-4-18(10-21(17)33-13-16)32-12-15-2-5-20(30)19(9-15)24(26,27)28/h2-5,8-10,30-31H,6-7,11-14H2,1H3. The number of benzene rings is 2. The topological polar surface area (TPSA) is 62.2 Å². The fraction of sp³-hybridized carbons (Fsp3) is 0.375. The van der Waals surface area contributed by atoms with Gasteiger partial charge in [0, 0.05) is 0 Å². The number of halogens is 3. The first-order chi connectivity index (χ1) is 15.5. The Morgan fingerprint density at radius 3 is 2.73 bits per heavy atom. The molecule has 173 valence electrons. The predicted octanol–water partition coefficient (Wildman–Crippen LogP) is 4.15. The van der Waals surface area contributed by atoms with Gasteiger partial charge >= 0.3 is 131 Å². The van der Waals surface area contributed by atoms with E-state index in [-0.39, 0.29) is 12.3 Å². The Balaban J connectivity index is 1.39. The molecule has 0 aromatic heterocycles.